The maximum atomic E-state index is 13.8. The van der Waals surface area contributed by atoms with Crippen LogP contribution in [-0.2, 0) is 13.1 Å². The molecule has 1 aliphatic heterocycles. The van der Waals surface area contributed by atoms with E-state index >= 15 is 0 Å². The van der Waals surface area contributed by atoms with Crippen LogP contribution in [0.25, 0.3) is 27.8 Å². The second-order valence-corrected chi connectivity index (χ2v) is 10.4. The highest BCUT2D eigenvalue weighted by atomic mass is 19.1. The lowest BCUT2D eigenvalue weighted by molar-refractivity contribution is 0.200. The molecule has 3 aromatic heterocycles. The van der Waals surface area contributed by atoms with Crippen LogP contribution in [0.1, 0.15) is 43.0 Å². The summed E-state index contributed by atoms with van der Waals surface area (Å²) in [6, 6.07) is 19.5. The molecule has 6 heteroatoms. The van der Waals surface area contributed by atoms with Crippen molar-refractivity contribution in [1.29, 1.82) is 0 Å². The zero-order valence-corrected chi connectivity index (χ0v) is 20.4. The standard InChI is InChI=1S/C30H30FN5/c31-24-4-3-5-25(18-24)35-17-13-26-23(10-14-32-30(26)35)20-34-15-11-22(12-16-34)29-33-27-6-1-2-7-28(27)36(29)19-21-8-9-21/h1-7,10,13-14,17-18,21-22H,8-9,11-12,15-16,19-20H2. The first-order valence-electron chi connectivity index (χ1n) is 13.1. The number of para-hydroxylation sites is 2. The number of fused-ring (bicyclic) bond motifs is 2. The third kappa shape index (κ3) is 3.99. The van der Waals surface area contributed by atoms with Crippen molar-refractivity contribution in [2.45, 2.75) is 44.7 Å². The van der Waals surface area contributed by atoms with Gasteiger partial charge in [-0.3, -0.25) is 4.90 Å². The molecule has 1 saturated heterocycles. The van der Waals surface area contributed by atoms with Crippen molar-refractivity contribution in [2.24, 2.45) is 5.92 Å². The van der Waals surface area contributed by atoms with Gasteiger partial charge in [0.2, 0.25) is 0 Å². The fraction of sp³-hybridized carbons (Fsp3) is 0.333. The highest BCUT2D eigenvalue weighted by Crippen LogP contribution is 2.36. The van der Waals surface area contributed by atoms with Crippen molar-refractivity contribution in [1.82, 2.24) is 24.0 Å². The monoisotopic (exact) mass is 479 g/mol. The Bertz CT molecular complexity index is 1540. The van der Waals surface area contributed by atoms with Crippen molar-refractivity contribution in [2.75, 3.05) is 13.1 Å². The lowest BCUT2D eigenvalue weighted by Gasteiger charge is -2.32. The highest BCUT2D eigenvalue weighted by molar-refractivity contribution is 5.81. The molecule has 2 aromatic carbocycles. The van der Waals surface area contributed by atoms with Crippen molar-refractivity contribution in [3.8, 4) is 5.69 Å². The third-order valence-corrected chi connectivity index (χ3v) is 7.93. The first-order valence-corrected chi connectivity index (χ1v) is 13.1. The maximum Gasteiger partial charge on any atom is 0.144 e. The van der Waals surface area contributed by atoms with Crippen molar-refractivity contribution in [3.63, 3.8) is 0 Å². The number of hydrogen-bond donors (Lipinski definition) is 0. The molecule has 1 saturated carbocycles. The second kappa shape index (κ2) is 8.86. The number of rotatable bonds is 6. The molecule has 0 radical (unpaired) electrons. The second-order valence-electron chi connectivity index (χ2n) is 10.4. The number of halogens is 1. The number of aromatic nitrogens is 4. The van der Waals surface area contributed by atoms with Gasteiger partial charge in [0.05, 0.1) is 11.0 Å². The molecule has 0 amide bonds. The van der Waals surface area contributed by atoms with Crippen molar-refractivity contribution in [3.05, 3.63) is 90.3 Å². The normalized spacial score (nSPS) is 17.4. The molecule has 0 N–H and O–H groups in total. The number of likely N-dealkylation sites (tertiary alicyclic amines) is 1. The molecule has 2 fully saturated rings. The van der Waals surface area contributed by atoms with Crippen LogP contribution < -0.4 is 0 Å². The van der Waals surface area contributed by atoms with Gasteiger partial charge in [-0.25, -0.2) is 14.4 Å². The van der Waals surface area contributed by atoms with Gasteiger partial charge in [-0.15, -0.1) is 0 Å². The largest absolute Gasteiger partial charge is 0.327 e. The first-order chi connectivity index (χ1) is 17.7. The van der Waals surface area contributed by atoms with E-state index in [0.29, 0.717) is 5.92 Å². The summed E-state index contributed by atoms with van der Waals surface area (Å²) in [6.07, 6.45) is 8.84. The molecule has 36 heavy (non-hydrogen) atoms. The maximum absolute atomic E-state index is 13.8. The Hall–Kier alpha value is -3.51. The van der Waals surface area contributed by atoms with Crippen molar-refractivity contribution < 1.29 is 4.39 Å². The van der Waals surface area contributed by atoms with E-state index in [-0.39, 0.29) is 5.82 Å². The summed E-state index contributed by atoms with van der Waals surface area (Å²) in [6.45, 7) is 4.14. The lowest BCUT2D eigenvalue weighted by atomic mass is 9.95. The predicted molar refractivity (Wildman–Crippen MR) is 141 cm³/mol. The molecule has 5 aromatic rings. The molecule has 0 bridgehead atoms. The van der Waals surface area contributed by atoms with Gasteiger partial charge < -0.3 is 9.13 Å². The molecule has 5 nitrogen and oxygen atoms in total. The van der Waals surface area contributed by atoms with Gasteiger partial charge in [-0.1, -0.05) is 18.2 Å². The van der Waals surface area contributed by atoms with E-state index in [1.165, 1.54) is 35.8 Å². The lowest BCUT2D eigenvalue weighted by Crippen LogP contribution is -2.33. The Morgan fingerprint density at radius 3 is 2.61 bits per heavy atom. The van der Waals surface area contributed by atoms with Gasteiger partial charge >= 0.3 is 0 Å². The topological polar surface area (TPSA) is 38.9 Å². The first kappa shape index (κ1) is 21.7. The third-order valence-electron chi connectivity index (χ3n) is 7.93. The van der Waals surface area contributed by atoms with Crippen LogP contribution in [0.3, 0.4) is 0 Å². The summed E-state index contributed by atoms with van der Waals surface area (Å²) in [5.74, 6) is 2.40. The van der Waals surface area contributed by atoms with Gasteiger partial charge in [-0.2, -0.15) is 0 Å². The zero-order valence-electron chi connectivity index (χ0n) is 20.4. The zero-order chi connectivity index (χ0) is 24.1. The molecule has 2 aliphatic rings. The highest BCUT2D eigenvalue weighted by Gasteiger charge is 2.29. The molecule has 1 aliphatic carbocycles. The van der Waals surface area contributed by atoms with Gasteiger partial charge in [0.15, 0.2) is 0 Å². The Kier molecular flexibility index (Phi) is 5.35. The number of benzene rings is 2. The Balaban J connectivity index is 1.10. The van der Waals surface area contributed by atoms with E-state index in [4.69, 9.17) is 4.98 Å². The van der Waals surface area contributed by atoms with E-state index in [1.807, 2.05) is 23.0 Å². The van der Waals surface area contributed by atoms with E-state index in [9.17, 15) is 4.39 Å². The minimum Gasteiger partial charge on any atom is -0.327 e. The number of imidazole rings is 1. The Labute approximate surface area is 210 Å². The fourth-order valence-corrected chi connectivity index (χ4v) is 5.81. The van der Waals surface area contributed by atoms with Crippen LogP contribution in [0.15, 0.2) is 73.1 Å². The fourth-order valence-electron chi connectivity index (χ4n) is 5.81. The summed E-state index contributed by atoms with van der Waals surface area (Å²) >= 11 is 0. The predicted octanol–water partition coefficient (Wildman–Crippen LogP) is 6.30. The summed E-state index contributed by atoms with van der Waals surface area (Å²) in [7, 11) is 0. The SMILES string of the molecule is Fc1cccc(-n2ccc3c(CN4CCC(c5nc6ccccc6n5CC5CC5)CC4)ccnc32)c1. The number of pyridine rings is 1. The van der Waals surface area contributed by atoms with E-state index in [2.05, 4.69) is 50.8 Å². The van der Waals surface area contributed by atoms with E-state index in [0.717, 1.165) is 67.2 Å². The number of hydrogen-bond acceptors (Lipinski definition) is 3. The molecular formula is C30H30FN5. The van der Waals surface area contributed by atoms with Crippen LogP contribution in [-0.4, -0.2) is 37.1 Å². The molecule has 0 atom stereocenters. The quantitative estimate of drug-likeness (QED) is 0.287. The van der Waals surface area contributed by atoms with Gasteiger partial charge in [-0.05, 0) is 92.7 Å². The minimum atomic E-state index is -0.237. The van der Waals surface area contributed by atoms with Crippen LogP contribution in [0.2, 0.25) is 0 Å². The molecular weight excluding hydrogens is 449 g/mol. The number of nitrogens with zero attached hydrogens (tertiary/aromatic N) is 5. The molecule has 182 valence electrons. The molecule has 7 rings (SSSR count). The molecule has 0 spiro atoms. The Morgan fingerprint density at radius 1 is 0.917 bits per heavy atom. The smallest absolute Gasteiger partial charge is 0.144 e. The van der Waals surface area contributed by atoms with Crippen LogP contribution >= 0.6 is 0 Å². The van der Waals surface area contributed by atoms with Crippen LogP contribution in [0, 0.1) is 11.7 Å². The summed E-state index contributed by atoms with van der Waals surface area (Å²) in [5, 5.41) is 1.13. The number of piperidine rings is 1. The minimum absolute atomic E-state index is 0.237. The van der Waals surface area contributed by atoms with Crippen molar-refractivity contribution >= 4 is 22.1 Å². The van der Waals surface area contributed by atoms with E-state index in [1.54, 1.807) is 12.1 Å². The molecule has 0 unspecified atom stereocenters. The average Bonchev–Trinajstić information content (AvgIpc) is 3.49. The van der Waals surface area contributed by atoms with Crippen LogP contribution in [0.5, 0.6) is 0 Å². The summed E-state index contributed by atoms with van der Waals surface area (Å²) < 4.78 is 18.3. The molecule has 4 heterocycles. The van der Waals surface area contributed by atoms with Crippen LogP contribution in [0.4, 0.5) is 4.39 Å². The van der Waals surface area contributed by atoms with Gasteiger partial charge in [0.25, 0.3) is 0 Å². The van der Waals surface area contributed by atoms with Gasteiger partial charge in [0, 0.05) is 42.5 Å². The van der Waals surface area contributed by atoms with E-state index < -0.39 is 0 Å². The van der Waals surface area contributed by atoms with Gasteiger partial charge in [0.1, 0.15) is 17.3 Å². The summed E-state index contributed by atoms with van der Waals surface area (Å²) in [5.41, 5.74) is 5.38. The Morgan fingerprint density at radius 2 is 1.78 bits per heavy atom. The average molecular weight is 480 g/mol. The summed E-state index contributed by atoms with van der Waals surface area (Å²) in [4.78, 5) is 12.3.